The van der Waals surface area contributed by atoms with Gasteiger partial charge in [-0.2, -0.15) is 0 Å². The molecule has 0 aliphatic heterocycles. The van der Waals surface area contributed by atoms with E-state index in [4.69, 9.17) is 5.73 Å². The van der Waals surface area contributed by atoms with Crippen LogP contribution in [-0.2, 0) is 6.42 Å². The number of aliphatic hydroxyl groups is 1. The van der Waals surface area contributed by atoms with Gasteiger partial charge in [-0.25, -0.2) is 9.97 Å². The molecule has 5 nitrogen and oxygen atoms in total. The van der Waals surface area contributed by atoms with Crippen molar-refractivity contribution < 1.29 is 5.11 Å². The average Bonchev–Trinajstić information content (AvgIpc) is 2.25. The molecule has 0 saturated heterocycles. The molecule has 0 aliphatic carbocycles. The van der Waals surface area contributed by atoms with Gasteiger partial charge in [-0.05, 0) is 12.3 Å². The summed E-state index contributed by atoms with van der Waals surface area (Å²) in [6.07, 6.45) is 2.21. The third-order valence-corrected chi connectivity index (χ3v) is 2.66. The van der Waals surface area contributed by atoms with Crippen LogP contribution < -0.4 is 11.1 Å². The summed E-state index contributed by atoms with van der Waals surface area (Å²) in [5.74, 6) is 1.55. The number of hydrogen-bond acceptors (Lipinski definition) is 5. The van der Waals surface area contributed by atoms with Gasteiger partial charge in [-0.15, -0.1) is 0 Å². The second kappa shape index (κ2) is 5.65. The van der Waals surface area contributed by atoms with Crippen molar-refractivity contribution in [3.63, 3.8) is 0 Å². The quantitative estimate of drug-likeness (QED) is 0.696. The Hall–Kier alpha value is -1.36. The molecule has 1 rings (SSSR count). The van der Waals surface area contributed by atoms with Crippen LogP contribution in [-0.4, -0.2) is 27.7 Å². The first-order chi connectivity index (χ1) is 7.60. The summed E-state index contributed by atoms with van der Waals surface area (Å²) in [5.41, 5.74) is 6.68. The van der Waals surface area contributed by atoms with Gasteiger partial charge in [0.25, 0.3) is 0 Å². The number of aromatic nitrogens is 2. The number of rotatable bonds is 5. The van der Waals surface area contributed by atoms with Crippen molar-refractivity contribution in [3.05, 3.63) is 11.9 Å². The Morgan fingerprint density at radius 1 is 1.44 bits per heavy atom. The Morgan fingerprint density at radius 2 is 2.12 bits per heavy atom. The van der Waals surface area contributed by atoms with E-state index in [0.717, 1.165) is 17.8 Å². The van der Waals surface area contributed by atoms with Crippen LogP contribution in [0.25, 0.3) is 0 Å². The summed E-state index contributed by atoms with van der Waals surface area (Å²) in [4.78, 5) is 8.12. The first kappa shape index (κ1) is 12.7. The largest absolute Gasteiger partial charge is 0.394 e. The van der Waals surface area contributed by atoms with E-state index < -0.39 is 0 Å². The zero-order chi connectivity index (χ0) is 12.1. The van der Waals surface area contributed by atoms with Crippen molar-refractivity contribution in [2.45, 2.75) is 33.2 Å². The highest BCUT2D eigenvalue weighted by Gasteiger charge is 2.15. The standard InChI is InChI=1S/C11H20N4O/c1-4-8-10(12)13-6-14-11(8)15-9(5-16)7(2)3/h6-7,9,16H,4-5H2,1-3H3,(H3,12,13,14,15). The molecule has 5 heteroatoms. The van der Waals surface area contributed by atoms with E-state index in [1.54, 1.807) is 0 Å². The number of nitrogen functional groups attached to an aromatic ring is 1. The highest BCUT2D eigenvalue weighted by molar-refractivity contribution is 5.55. The van der Waals surface area contributed by atoms with E-state index in [2.05, 4.69) is 15.3 Å². The van der Waals surface area contributed by atoms with Crippen molar-refractivity contribution in [1.29, 1.82) is 0 Å². The topological polar surface area (TPSA) is 84.1 Å². The lowest BCUT2D eigenvalue weighted by Gasteiger charge is -2.22. The van der Waals surface area contributed by atoms with Gasteiger partial charge in [0.2, 0.25) is 0 Å². The van der Waals surface area contributed by atoms with Gasteiger partial charge in [0.1, 0.15) is 18.0 Å². The highest BCUT2D eigenvalue weighted by Crippen LogP contribution is 2.19. The van der Waals surface area contributed by atoms with Crippen LogP contribution in [0.5, 0.6) is 0 Å². The molecule has 4 N–H and O–H groups in total. The lowest BCUT2D eigenvalue weighted by Crippen LogP contribution is -2.30. The van der Waals surface area contributed by atoms with Crippen LogP contribution in [0.1, 0.15) is 26.3 Å². The second-order valence-electron chi connectivity index (χ2n) is 4.12. The third kappa shape index (κ3) is 2.82. The summed E-state index contributed by atoms with van der Waals surface area (Å²) in [7, 11) is 0. The summed E-state index contributed by atoms with van der Waals surface area (Å²) in [6, 6.07) is -0.0143. The predicted molar refractivity (Wildman–Crippen MR) is 65.2 cm³/mol. The minimum Gasteiger partial charge on any atom is -0.394 e. The second-order valence-corrected chi connectivity index (χ2v) is 4.12. The Bertz CT molecular complexity index is 341. The Kier molecular flexibility index (Phi) is 4.49. The number of hydrogen-bond donors (Lipinski definition) is 3. The van der Waals surface area contributed by atoms with Crippen LogP contribution >= 0.6 is 0 Å². The number of nitrogens with one attached hydrogen (secondary N) is 1. The number of nitrogens with two attached hydrogens (primary N) is 1. The molecule has 0 fully saturated rings. The van der Waals surface area contributed by atoms with Gasteiger partial charge in [-0.3, -0.25) is 0 Å². The summed E-state index contributed by atoms with van der Waals surface area (Å²) in [5, 5.41) is 12.5. The molecule has 16 heavy (non-hydrogen) atoms. The van der Waals surface area contributed by atoms with Gasteiger partial charge in [-0.1, -0.05) is 20.8 Å². The van der Waals surface area contributed by atoms with E-state index in [0.29, 0.717) is 11.7 Å². The molecular weight excluding hydrogens is 204 g/mol. The van der Waals surface area contributed by atoms with Crippen molar-refractivity contribution in [2.75, 3.05) is 17.7 Å². The van der Waals surface area contributed by atoms with Gasteiger partial charge in [0.15, 0.2) is 0 Å². The average molecular weight is 224 g/mol. The van der Waals surface area contributed by atoms with E-state index in [9.17, 15) is 5.11 Å². The molecule has 1 aromatic heterocycles. The van der Waals surface area contributed by atoms with E-state index in [1.165, 1.54) is 6.33 Å². The van der Waals surface area contributed by atoms with Crippen molar-refractivity contribution >= 4 is 11.6 Å². The molecule has 0 aliphatic rings. The molecule has 1 aromatic rings. The maximum Gasteiger partial charge on any atom is 0.135 e. The fraction of sp³-hybridized carbons (Fsp3) is 0.636. The molecule has 0 aromatic carbocycles. The van der Waals surface area contributed by atoms with E-state index >= 15 is 0 Å². The molecule has 0 bridgehead atoms. The summed E-state index contributed by atoms with van der Waals surface area (Å²) < 4.78 is 0. The van der Waals surface area contributed by atoms with Crippen LogP contribution in [0.4, 0.5) is 11.6 Å². The number of anilines is 2. The van der Waals surface area contributed by atoms with Crippen LogP contribution in [0.2, 0.25) is 0 Å². The number of nitrogens with zero attached hydrogens (tertiary/aromatic N) is 2. The minimum atomic E-state index is -0.0143. The van der Waals surface area contributed by atoms with E-state index in [1.807, 2.05) is 20.8 Å². The van der Waals surface area contributed by atoms with Gasteiger partial charge < -0.3 is 16.2 Å². The smallest absolute Gasteiger partial charge is 0.135 e. The Morgan fingerprint density at radius 3 is 2.62 bits per heavy atom. The highest BCUT2D eigenvalue weighted by atomic mass is 16.3. The first-order valence-corrected chi connectivity index (χ1v) is 5.56. The van der Waals surface area contributed by atoms with Crippen molar-refractivity contribution in [2.24, 2.45) is 5.92 Å². The lowest BCUT2D eigenvalue weighted by molar-refractivity contribution is 0.249. The van der Waals surface area contributed by atoms with Gasteiger partial charge in [0.05, 0.1) is 12.6 Å². The number of aliphatic hydroxyl groups excluding tert-OH is 1. The maximum atomic E-state index is 9.25. The van der Waals surface area contributed by atoms with Crippen LogP contribution in [0, 0.1) is 5.92 Å². The molecule has 1 atom stereocenters. The SMILES string of the molecule is CCc1c(N)ncnc1NC(CO)C(C)C. The molecule has 0 radical (unpaired) electrons. The van der Waals surface area contributed by atoms with Crippen molar-refractivity contribution in [3.8, 4) is 0 Å². The predicted octanol–water partition coefficient (Wildman–Crippen LogP) is 1.05. The summed E-state index contributed by atoms with van der Waals surface area (Å²) in [6.45, 7) is 6.17. The van der Waals surface area contributed by atoms with E-state index in [-0.39, 0.29) is 12.6 Å². The molecular formula is C11H20N4O. The van der Waals surface area contributed by atoms with Crippen LogP contribution in [0.3, 0.4) is 0 Å². The van der Waals surface area contributed by atoms with Crippen LogP contribution in [0.15, 0.2) is 6.33 Å². The lowest BCUT2D eigenvalue weighted by atomic mass is 10.1. The zero-order valence-electron chi connectivity index (χ0n) is 10.1. The van der Waals surface area contributed by atoms with Gasteiger partial charge >= 0.3 is 0 Å². The molecule has 1 unspecified atom stereocenters. The van der Waals surface area contributed by atoms with Gasteiger partial charge in [0, 0.05) is 5.56 Å². The first-order valence-electron chi connectivity index (χ1n) is 5.56. The molecule has 0 spiro atoms. The molecule has 90 valence electrons. The molecule has 0 amide bonds. The minimum absolute atomic E-state index is 0.0143. The monoisotopic (exact) mass is 224 g/mol. The maximum absolute atomic E-state index is 9.25. The zero-order valence-corrected chi connectivity index (χ0v) is 10.1. The summed E-state index contributed by atoms with van der Waals surface area (Å²) >= 11 is 0. The fourth-order valence-electron chi connectivity index (χ4n) is 1.50. The fourth-order valence-corrected chi connectivity index (χ4v) is 1.50. The normalized spacial score (nSPS) is 12.8. The Labute approximate surface area is 96.1 Å². The van der Waals surface area contributed by atoms with Crippen molar-refractivity contribution in [1.82, 2.24) is 9.97 Å². The third-order valence-electron chi connectivity index (χ3n) is 2.66. The molecule has 1 heterocycles. The Balaban J connectivity index is 2.91. The molecule has 0 saturated carbocycles.